The number of aliphatic hydroxyl groups is 1. The summed E-state index contributed by atoms with van der Waals surface area (Å²) in [6, 6.07) is 0. The summed E-state index contributed by atoms with van der Waals surface area (Å²) in [6.07, 6.45) is -13.4. The van der Waals surface area contributed by atoms with Crippen LogP contribution in [0.2, 0.25) is 0 Å². The fourth-order valence-corrected chi connectivity index (χ4v) is 0.733. The monoisotopic (exact) mass is 196 g/mol. The molecule has 0 bridgehead atoms. The van der Waals surface area contributed by atoms with Crippen LogP contribution < -0.4 is 0 Å². The first kappa shape index (κ1) is 11.5. The molecule has 0 heterocycles. The van der Waals surface area contributed by atoms with Gasteiger partial charge >= 0.3 is 12.4 Å². The summed E-state index contributed by atoms with van der Waals surface area (Å²) in [5.41, 5.74) is 0. The molecule has 0 amide bonds. The van der Waals surface area contributed by atoms with Crippen molar-refractivity contribution in [2.24, 2.45) is 5.92 Å². The summed E-state index contributed by atoms with van der Waals surface area (Å²) < 4.78 is 69.5. The Morgan fingerprint density at radius 2 is 1.17 bits per heavy atom. The molecule has 0 rings (SSSR count). The number of rotatable bonds is 1. The van der Waals surface area contributed by atoms with Gasteiger partial charge in [-0.15, -0.1) is 0 Å². The van der Waals surface area contributed by atoms with Gasteiger partial charge in [-0.3, -0.25) is 0 Å². The number of halogens is 6. The van der Waals surface area contributed by atoms with E-state index in [0.717, 1.165) is 0 Å². The molecule has 74 valence electrons. The van der Waals surface area contributed by atoms with Gasteiger partial charge in [0.2, 0.25) is 0 Å². The van der Waals surface area contributed by atoms with Crippen LogP contribution in [0, 0.1) is 5.92 Å². The zero-order valence-electron chi connectivity index (χ0n) is 5.87. The second-order valence-electron chi connectivity index (χ2n) is 2.30. The van der Waals surface area contributed by atoms with Gasteiger partial charge in [0.1, 0.15) is 0 Å². The Morgan fingerprint density at radius 3 is 1.17 bits per heavy atom. The number of hydrogen-bond acceptors (Lipinski definition) is 1. The third-order valence-corrected chi connectivity index (χ3v) is 1.19. The summed E-state index contributed by atoms with van der Waals surface area (Å²) in [4.78, 5) is 0. The molecule has 0 aliphatic carbocycles. The van der Waals surface area contributed by atoms with E-state index < -0.39 is 24.4 Å². The Bertz CT molecular complexity index is 131. The molecule has 0 aliphatic rings. The minimum Gasteiger partial charge on any atom is -0.392 e. The predicted molar refractivity (Wildman–Crippen MR) is 27.3 cm³/mol. The maximum Gasteiger partial charge on any atom is 0.402 e. The predicted octanol–water partition coefficient (Wildman–Crippen LogP) is 2.11. The van der Waals surface area contributed by atoms with Gasteiger partial charge in [0.15, 0.2) is 5.92 Å². The Kier molecular flexibility index (Phi) is 3.00. The van der Waals surface area contributed by atoms with E-state index in [9.17, 15) is 26.3 Å². The van der Waals surface area contributed by atoms with Crippen molar-refractivity contribution in [3.8, 4) is 0 Å². The summed E-state index contributed by atoms with van der Waals surface area (Å²) in [5.74, 6) is -3.66. The van der Waals surface area contributed by atoms with Crippen LogP contribution >= 0.6 is 0 Å². The summed E-state index contributed by atoms with van der Waals surface area (Å²) in [7, 11) is 0. The Hall–Kier alpha value is -0.460. The average Bonchev–Trinajstić information content (AvgIpc) is 1.49. The van der Waals surface area contributed by atoms with Gasteiger partial charge < -0.3 is 5.11 Å². The van der Waals surface area contributed by atoms with Crippen molar-refractivity contribution in [1.29, 1.82) is 0 Å². The van der Waals surface area contributed by atoms with E-state index in [1.54, 1.807) is 0 Å². The van der Waals surface area contributed by atoms with Crippen molar-refractivity contribution in [1.82, 2.24) is 0 Å². The molecule has 0 aliphatic heterocycles. The van der Waals surface area contributed by atoms with Crippen molar-refractivity contribution in [3.63, 3.8) is 0 Å². The standard InChI is InChI=1S/C5H6F6O/c1-2(12)3(4(6,7)8)5(9,10)11/h2-3,12H,1H3/t2-/m0/s1. The van der Waals surface area contributed by atoms with Crippen LogP contribution in [-0.2, 0) is 0 Å². The van der Waals surface area contributed by atoms with Gasteiger partial charge in [0, 0.05) is 0 Å². The first-order valence-corrected chi connectivity index (χ1v) is 2.88. The molecular formula is C5H6F6O. The normalized spacial score (nSPS) is 16.8. The zero-order chi connectivity index (χ0) is 10.2. The summed E-state index contributed by atoms with van der Waals surface area (Å²) >= 11 is 0. The van der Waals surface area contributed by atoms with Crippen molar-refractivity contribution >= 4 is 0 Å². The van der Waals surface area contributed by atoms with Crippen LogP contribution in [0.4, 0.5) is 26.3 Å². The Morgan fingerprint density at radius 1 is 0.917 bits per heavy atom. The van der Waals surface area contributed by atoms with E-state index >= 15 is 0 Å². The van der Waals surface area contributed by atoms with E-state index in [2.05, 4.69) is 0 Å². The Balaban J connectivity index is 4.70. The van der Waals surface area contributed by atoms with Gasteiger partial charge in [0.25, 0.3) is 0 Å². The third kappa shape index (κ3) is 2.88. The highest BCUT2D eigenvalue weighted by atomic mass is 19.4. The summed E-state index contributed by atoms with van der Waals surface area (Å²) in [5, 5.41) is 8.24. The molecule has 1 N–H and O–H groups in total. The van der Waals surface area contributed by atoms with Crippen molar-refractivity contribution in [2.45, 2.75) is 25.4 Å². The molecule has 1 nitrogen and oxygen atoms in total. The molecular weight excluding hydrogens is 190 g/mol. The van der Waals surface area contributed by atoms with Crippen molar-refractivity contribution in [2.75, 3.05) is 0 Å². The molecule has 0 saturated carbocycles. The molecule has 0 saturated heterocycles. The molecule has 0 aromatic carbocycles. The quantitative estimate of drug-likeness (QED) is 0.636. The molecule has 0 unspecified atom stereocenters. The molecule has 0 aromatic rings. The maximum absolute atomic E-state index is 11.6. The molecule has 0 radical (unpaired) electrons. The molecule has 0 aromatic heterocycles. The van der Waals surface area contributed by atoms with Crippen LogP contribution in [0.1, 0.15) is 6.92 Å². The average molecular weight is 196 g/mol. The number of aliphatic hydroxyl groups excluding tert-OH is 1. The molecule has 0 spiro atoms. The lowest BCUT2D eigenvalue weighted by atomic mass is 10.0. The van der Waals surface area contributed by atoms with Crippen molar-refractivity contribution in [3.05, 3.63) is 0 Å². The lowest BCUT2D eigenvalue weighted by molar-refractivity contribution is -0.304. The third-order valence-electron chi connectivity index (χ3n) is 1.19. The SMILES string of the molecule is C[C@H](O)C(C(F)(F)F)C(F)(F)F. The summed E-state index contributed by atoms with van der Waals surface area (Å²) in [6.45, 7) is 0.450. The highest BCUT2D eigenvalue weighted by molar-refractivity contribution is 4.79. The van der Waals surface area contributed by atoms with E-state index in [4.69, 9.17) is 5.11 Å². The molecule has 12 heavy (non-hydrogen) atoms. The lowest BCUT2D eigenvalue weighted by Crippen LogP contribution is -2.43. The fraction of sp³-hybridized carbons (Fsp3) is 1.00. The van der Waals surface area contributed by atoms with Gasteiger partial charge in [-0.2, -0.15) is 26.3 Å². The smallest absolute Gasteiger partial charge is 0.392 e. The molecule has 0 fully saturated rings. The maximum atomic E-state index is 11.6. The minimum atomic E-state index is -5.45. The molecule has 7 heteroatoms. The van der Waals surface area contributed by atoms with Crippen molar-refractivity contribution < 1.29 is 31.4 Å². The first-order chi connectivity index (χ1) is 5.07. The number of alkyl halides is 6. The van der Waals surface area contributed by atoms with Crippen LogP contribution in [-0.4, -0.2) is 23.6 Å². The minimum absolute atomic E-state index is 0.450. The highest BCUT2D eigenvalue weighted by Gasteiger charge is 2.58. The van der Waals surface area contributed by atoms with Gasteiger partial charge in [-0.1, -0.05) is 0 Å². The topological polar surface area (TPSA) is 20.2 Å². The Labute approximate surface area is 64.0 Å². The number of hydrogen-bond donors (Lipinski definition) is 1. The van der Waals surface area contributed by atoms with E-state index in [1.807, 2.05) is 0 Å². The van der Waals surface area contributed by atoms with E-state index in [-0.39, 0.29) is 0 Å². The second-order valence-corrected chi connectivity index (χ2v) is 2.30. The molecule has 1 atom stereocenters. The lowest BCUT2D eigenvalue weighted by Gasteiger charge is -2.24. The highest BCUT2D eigenvalue weighted by Crippen LogP contribution is 2.41. The van der Waals surface area contributed by atoms with E-state index in [1.165, 1.54) is 0 Å². The largest absolute Gasteiger partial charge is 0.402 e. The van der Waals surface area contributed by atoms with Gasteiger partial charge in [-0.05, 0) is 6.92 Å². The van der Waals surface area contributed by atoms with E-state index in [0.29, 0.717) is 6.92 Å². The van der Waals surface area contributed by atoms with Crippen LogP contribution in [0.25, 0.3) is 0 Å². The zero-order valence-corrected chi connectivity index (χ0v) is 5.87. The van der Waals surface area contributed by atoms with Crippen LogP contribution in [0.5, 0.6) is 0 Å². The van der Waals surface area contributed by atoms with Crippen LogP contribution in [0.15, 0.2) is 0 Å². The fourth-order valence-electron chi connectivity index (χ4n) is 0.733. The van der Waals surface area contributed by atoms with Gasteiger partial charge in [0.05, 0.1) is 6.10 Å². The second kappa shape index (κ2) is 3.12. The first-order valence-electron chi connectivity index (χ1n) is 2.88. The van der Waals surface area contributed by atoms with Crippen LogP contribution in [0.3, 0.4) is 0 Å². The van der Waals surface area contributed by atoms with Gasteiger partial charge in [-0.25, -0.2) is 0 Å².